The first kappa shape index (κ1) is 22.4. The lowest BCUT2D eigenvalue weighted by atomic mass is 9.86. The zero-order chi connectivity index (χ0) is 20.9. The largest absolute Gasteiger partial charge is 0.378 e. The second kappa shape index (κ2) is 9.55. The lowest BCUT2D eigenvalue weighted by Crippen LogP contribution is -2.53. The fraction of sp³-hybridized carbons (Fsp3) is 0.652. The molecule has 0 radical (unpaired) electrons. The van der Waals surface area contributed by atoms with E-state index in [4.69, 9.17) is 4.74 Å². The summed E-state index contributed by atoms with van der Waals surface area (Å²) >= 11 is 0. The van der Waals surface area contributed by atoms with Crippen molar-refractivity contribution >= 4 is 11.8 Å². The predicted molar refractivity (Wildman–Crippen MR) is 112 cm³/mol. The summed E-state index contributed by atoms with van der Waals surface area (Å²) in [7, 11) is 0. The summed E-state index contributed by atoms with van der Waals surface area (Å²) in [6.07, 6.45) is 1.95. The van der Waals surface area contributed by atoms with Crippen LogP contribution in [0.4, 0.5) is 0 Å². The highest BCUT2D eigenvalue weighted by atomic mass is 16.5. The molecule has 2 amide bonds. The number of ether oxygens (including phenoxy) is 1. The fourth-order valence-electron chi connectivity index (χ4n) is 3.53. The van der Waals surface area contributed by atoms with Crippen molar-refractivity contribution in [1.29, 1.82) is 0 Å². The van der Waals surface area contributed by atoms with E-state index in [0.29, 0.717) is 25.3 Å². The van der Waals surface area contributed by atoms with E-state index in [1.807, 2.05) is 49.9 Å². The number of nitrogens with one attached hydrogen (secondary N) is 1. The number of nitrogens with zero attached hydrogens (tertiary/aromatic N) is 1. The maximum absolute atomic E-state index is 13.0. The van der Waals surface area contributed by atoms with Crippen LogP contribution in [-0.4, -0.2) is 48.6 Å². The van der Waals surface area contributed by atoms with E-state index < -0.39 is 6.04 Å². The Morgan fingerprint density at radius 2 is 1.71 bits per heavy atom. The summed E-state index contributed by atoms with van der Waals surface area (Å²) in [6, 6.07) is 7.13. The van der Waals surface area contributed by atoms with Gasteiger partial charge < -0.3 is 15.0 Å². The standard InChI is InChI=1S/C23H36N2O3/c1-7-28-19-12-14-25(15-13-19)22(27)20(16(2)3)24-21(26)17-8-10-18(11-9-17)23(4,5)6/h8-11,16,19-20H,7,12-15H2,1-6H3,(H,24,26). The van der Waals surface area contributed by atoms with Crippen LogP contribution in [0.5, 0.6) is 0 Å². The third kappa shape index (κ3) is 5.81. The van der Waals surface area contributed by atoms with E-state index in [2.05, 4.69) is 26.1 Å². The molecule has 0 saturated carbocycles. The highest BCUT2D eigenvalue weighted by Crippen LogP contribution is 2.22. The molecular formula is C23H36N2O3. The van der Waals surface area contributed by atoms with Crippen LogP contribution >= 0.6 is 0 Å². The predicted octanol–water partition coefficient (Wildman–Crippen LogP) is 3.77. The number of carbonyl (C=O) groups is 2. The summed E-state index contributed by atoms with van der Waals surface area (Å²) in [5.74, 6) is -0.170. The number of likely N-dealkylation sites (tertiary alicyclic amines) is 1. The highest BCUT2D eigenvalue weighted by Gasteiger charge is 2.31. The van der Waals surface area contributed by atoms with Crippen LogP contribution in [0.25, 0.3) is 0 Å². The Labute approximate surface area is 169 Å². The van der Waals surface area contributed by atoms with Crippen molar-refractivity contribution < 1.29 is 14.3 Å². The van der Waals surface area contributed by atoms with Gasteiger partial charge >= 0.3 is 0 Å². The maximum atomic E-state index is 13.0. The monoisotopic (exact) mass is 388 g/mol. The van der Waals surface area contributed by atoms with Gasteiger partial charge in [-0.05, 0) is 48.8 Å². The average molecular weight is 389 g/mol. The minimum Gasteiger partial charge on any atom is -0.378 e. The van der Waals surface area contributed by atoms with E-state index in [0.717, 1.165) is 12.8 Å². The number of benzene rings is 1. The summed E-state index contributed by atoms with van der Waals surface area (Å²) in [5.41, 5.74) is 1.80. The molecule has 2 rings (SSSR count). The van der Waals surface area contributed by atoms with Gasteiger partial charge in [-0.2, -0.15) is 0 Å². The molecule has 28 heavy (non-hydrogen) atoms. The van der Waals surface area contributed by atoms with Crippen molar-refractivity contribution in [3.05, 3.63) is 35.4 Å². The average Bonchev–Trinajstić information content (AvgIpc) is 2.65. The molecule has 1 aliphatic heterocycles. The minimum absolute atomic E-state index is 0.00427. The fourth-order valence-corrected chi connectivity index (χ4v) is 3.53. The van der Waals surface area contributed by atoms with Gasteiger partial charge in [0, 0.05) is 25.3 Å². The summed E-state index contributed by atoms with van der Waals surface area (Å²) < 4.78 is 5.67. The second-order valence-corrected chi connectivity index (χ2v) is 9.00. The number of carbonyl (C=O) groups excluding carboxylic acids is 2. The molecule has 1 N–H and O–H groups in total. The molecule has 1 unspecified atom stereocenters. The van der Waals surface area contributed by atoms with Crippen molar-refractivity contribution in [3.8, 4) is 0 Å². The summed E-state index contributed by atoms with van der Waals surface area (Å²) in [6.45, 7) is 14.4. The second-order valence-electron chi connectivity index (χ2n) is 9.00. The van der Waals surface area contributed by atoms with E-state index in [1.54, 1.807) is 0 Å². The van der Waals surface area contributed by atoms with Crippen LogP contribution in [0.15, 0.2) is 24.3 Å². The smallest absolute Gasteiger partial charge is 0.251 e. The van der Waals surface area contributed by atoms with Gasteiger partial charge in [0.15, 0.2) is 0 Å². The first-order valence-corrected chi connectivity index (χ1v) is 10.4. The Morgan fingerprint density at radius 1 is 1.14 bits per heavy atom. The molecule has 5 heteroatoms. The van der Waals surface area contributed by atoms with Gasteiger partial charge in [-0.3, -0.25) is 9.59 Å². The Kier molecular flexibility index (Phi) is 7.64. The lowest BCUT2D eigenvalue weighted by Gasteiger charge is -2.35. The van der Waals surface area contributed by atoms with Gasteiger partial charge in [-0.25, -0.2) is 0 Å². The Balaban J connectivity index is 2.02. The molecule has 1 aromatic carbocycles. The van der Waals surface area contributed by atoms with Crippen LogP contribution in [0.2, 0.25) is 0 Å². The molecule has 0 aliphatic carbocycles. The summed E-state index contributed by atoms with van der Waals surface area (Å²) in [5, 5.41) is 2.96. The zero-order valence-corrected chi connectivity index (χ0v) is 18.2. The molecule has 1 saturated heterocycles. The van der Waals surface area contributed by atoms with Crippen molar-refractivity contribution in [2.75, 3.05) is 19.7 Å². The third-order valence-electron chi connectivity index (χ3n) is 5.39. The van der Waals surface area contributed by atoms with Crippen molar-refractivity contribution in [2.45, 2.75) is 71.9 Å². The number of piperidine rings is 1. The van der Waals surface area contributed by atoms with Gasteiger partial charge in [-0.15, -0.1) is 0 Å². The maximum Gasteiger partial charge on any atom is 0.251 e. The highest BCUT2D eigenvalue weighted by molar-refractivity contribution is 5.97. The number of amides is 2. The molecule has 0 bridgehead atoms. The van der Waals surface area contributed by atoms with Crippen molar-refractivity contribution in [1.82, 2.24) is 10.2 Å². The molecule has 1 aromatic rings. The van der Waals surface area contributed by atoms with Gasteiger partial charge in [0.05, 0.1) is 6.10 Å². The van der Waals surface area contributed by atoms with E-state index >= 15 is 0 Å². The Hall–Kier alpha value is -1.88. The molecule has 1 fully saturated rings. The Morgan fingerprint density at radius 3 is 2.18 bits per heavy atom. The molecule has 0 aromatic heterocycles. The first-order chi connectivity index (χ1) is 13.1. The van der Waals surface area contributed by atoms with Crippen molar-refractivity contribution in [2.24, 2.45) is 5.92 Å². The molecule has 5 nitrogen and oxygen atoms in total. The molecule has 1 heterocycles. The molecule has 0 spiro atoms. The van der Waals surface area contributed by atoms with Gasteiger partial charge in [0.25, 0.3) is 5.91 Å². The number of rotatable bonds is 6. The third-order valence-corrected chi connectivity index (χ3v) is 5.39. The summed E-state index contributed by atoms with van der Waals surface area (Å²) in [4.78, 5) is 27.6. The van der Waals surface area contributed by atoms with Crippen LogP contribution < -0.4 is 5.32 Å². The SMILES string of the molecule is CCOC1CCN(C(=O)C(NC(=O)c2ccc(C(C)(C)C)cc2)C(C)C)CC1. The van der Waals surface area contributed by atoms with Gasteiger partial charge in [0.1, 0.15) is 6.04 Å². The van der Waals surface area contributed by atoms with Gasteiger partial charge in [0.2, 0.25) is 5.91 Å². The minimum atomic E-state index is -0.515. The topological polar surface area (TPSA) is 58.6 Å². The lowest BCUT2D eigenvalue weighted by molar-refractivity contribution is -0.136. The van der Waals surface area contributed by atoms with Crippen LogP contribution in [-0.2, 0) is 14.9 Å². The molecule has 1 aliphatic rings. The van der Waals surface area contributed by atoms with Crippen LogP contribution in [0.3, 0.4) is 0 Å². The molecule has 156 valence electrons. The normalized spacial score (nSPS) is 16.9. The van der Waals surface area contributed by atoms with Gasteiger partial charge in [-0.1, -0.05) is 46.8 Å². The first-order valence-electron chi connectivity index (χ1n) is 10.4. The molecular weight excluding hydrogens is 352 g/mol. The Bertz CT molecular complexity index is 653. The van der Waals surface area contributed by atoms with E-state index in [9.17, 15) is 9.59 Å². The zero-order valence-electron chi connectivity index (χ0n) is 18.2. The number of hydrogen-bond donors (Lipinski definition) is 1. The van der Waals surface area contributed by atoms with Crippen molar-refractivity contribution in [3.63, 3.8) is 0 Å². The quantitative estimate of drug-likeness (QED) is 0.807. The molecule has 1 atom stereocenters. The van der Waals surface area contributed by atoms with Crippen LogP contribution in [0, 0.1) is 5.92 Å². The van der Waals surface area contributed by atoms with E-state index in [-0.39, 0.29) is 29.3 Å². The van der Waals surface area contributed by atoms with Crippen LogP contribution in [0.1, 0.15) is 70.3 Å². The van der Waals surface area contributed by atoms with E-state index in [1.165, 1.54) is 5.56 Å². The number of hydrogen-bond acceptors (Lipinski definition) is 3.